The average molecular weight is 288 g/mol. The number of ether oxygens (including phenoxy) is 2. The Morgan fingerprint density at radius 1 is 1.14 bits per heavy atom. The van der Waals surface area contributed by atoms with E-state index < -0.39 is 5.60 Å². The van der Waals surface area contributed by atoms with Crippen LogP contribution in [0.15, 0.2) is 18.2 Å². The molecule has 114 valence electrons. The van der Waals surface area contributed by atoms with Crippen LogP contribution >= 0.6 is 0 Å². The van der Waals surface area contributed by atoms with Gasteiger partial charge in [-0.2, -0.15) is 0 Å². The van der Waals surface area contributed by atoms with Crippen LogP contribution in [0.25, 0.3) is 0 Å². The van der Waals surface area contributed by atoms with Crippen molar-refractivity contribution in [2.75, 3.05) is 0 Å². The van der Waals surface area contributed by atoms with E-state index in [1.165, 1.54) is 25.7 Å². The highest BCUT2D eigenvalue weighted by Gasteiger charge is 2.32. The first-order valence-electron chi connectivity index (χ1n) is 8.06. The number of ketones is 1. The maximum absolute atomic E-state index is 12.1. The number of carbonyl (C=O) groups is 1. The number of rotatable bonds is 2. The van der Waals surface area contributed by atoms with Crippen LogP contribution in [0.2, 0.25) is 0 Å². The third-order valence-corrected chi connectivity index (χ3v) is 4.33. The molecule has 0 atom stereocenters. The van der Waals surface area contributed by atoms with Gasteiger partial charge in [-0.05, 0) is 51.7 Å². The summed E-state index contributed by atoms with van der Waals surface area (Å²) >= 11 is 0. The molecule has 3 heteroatoms. The van der Waals surface area contributed by atoms with E-state index in [1.807, 2.05) is 32.0 Å². The Kier molecular flexibility index (Phi) is 3.92. The van der Waals surface area contributed by atoms with Gasteiger partial charge in [-0.25, -0.2) is 0 Å². The first-order chi connectivity index (χ1) is 10.0. The van der Waals surface area contributed by atoms with Crippen LogP contribution in [0.1, 0.15) is 69.2 Å². The van der Waals surface area contributed by atoms with Gasteiger partial charge in [0.25, 0.3) is 0 Å². The fourth-order valence-electron chi connectivity index (χ4n) is 3.26. The van der Waals surface area contributed by atoms with Crippen molar-refractivity contribution in [3.8, 4) is 11.5 Å². The molecule has 3 rings (SSSR count). The summed E-state index contributed by atoms with van der Waals surface area (Å²) in [5.74, 6) is 1.65. The Balaban J connectivity index is 1.77. The van der Waals surface area contributed by atoms with Crippen molar-refractivity contribution in [2.24, 2.45) is 0 Å². The third kappa shape index (κ3) is 3.39. The van der Waals surface area contributed by atoms with Crippen molar-refractivity contribution >= 4 is 5.78 Å². The largest absolute Gasteiger partial charge is 0.490 e. The Bertz CT molecular complexity index is 525. The van der Waals surface area contributed by atoms with Crippen LogP contribution in [-0.2, 0) is 0 Å². The van der Waals surface area contributed by atoms with E-state index in [0.29, 0.717) is 23.8 Å². The zero-order valence-corrected chi connectivity index (χ0v) is 13.0. The molecule has 0 spiro atoms. The van der Waals surface area contributed by atoms with Gasteiger partial charge in [-0.15, -0.1) is 0 Å². The predicted octanol–water partition coefficient (Wildman–Crippen LogP) is 4.53. The van der Waals surface area contributed by atoms with Gasteiger partial charge in [0.15, 0.2) is 5.78 Å². The smallest absolute Gasteiger partial charge is 0.170 e. The minimum Gasteiger partial charge on any atom is -0.490 e. The molecule has 1 aliphatic heterocycles. The monoisotopic (exact) mass is 288 g/mol. The summed E-state index contributed by atoms with van der Waals surface area (Å²) in [6.07, 6.45) is 8.12. The zero-order chi connectivity index (χ0) is 14.9. The molecule has 0 saturated heterocycles. The van der Waals surface area contributed by atoms with Gasteiger partial charge in [-0.3, -0.25) is 4.79 Å². The standard InChI is InChI=1S/C18H24O3/c1-18(2)12-16(19)15-10-9-14(11-17(15)21-18)20-13-7-5-3-4-6-8-13/h9-11,13H,3-8,12H2,1-2H3. The lowest BCUT2D eigenvalue weighted by Gasteiger charge is -2.31. The maximum Gasteiger partial charge on any atom is 0.170 e. The molecule has 2 aliphatic rings. The molecule has 21 heavy (non-hydrogen) atoms. The van der Waals surface area contributed by atoms with Crippen LogP contribution in [0.4, 0.5) is 0 Å². The molecule has 0 amide bonds. The van der Waals surface area contributed by atoms with Crippen LogP contribution < -0.4 is 9.47 Å². The average Bonchev–Trinajstić information content (AvgIpc) is 2.65. The lowest BCUT2D eigenvalue weighted by molar-refractivity contribution is 0.0617. The summed E-state index contributed by atoms with van der Waals surface area (Å²) in [4.78, 5) is 12.1. The lowest BCUT2D eigenvalue weighted by atomic mass is 9.93. The van der Waals surface area contributed by atoms with Crippen LogP contribution in [-0.4, -0.2) is 17.5 Å². The van der Waals surface area contributed by atoms with Crippen LogP contribution in [0, 0.1) is 0 Å². The minimum atomic E-state index is -0.426. The molecule has 1 aromatic carbocycles. The van der Waals surface area contributed by atoms with Gasteiger partial charge in [0.2, 0.25) is 0 Å². The molecule has 1 saturated carbocycles. The maximum atomic E-state index is 12.1. The fraction of sp³-hybridized carbons (Fsp3) is 0.611. The molecule has 1 heterocycles. The van der Waals surface area contributed by atoms with E-state index in [-0.39, 0.29) is 5.78 Å². The number of Topliss-reactive ketones (excluding diaryl/α,β-unsaturated/α-hetero) is 1. The van der Waals surface area contributed by atoms with Crippen LogP contribution in [0.5, 0.6) is 11.5 Å². The molecule has 0 radical (unpaired) electrons. The summed E-state index contributed by atoms with van der Waals surface area (Å²) in [5, 5.41) is 0. The Morgan fingerprint density at radius 2 is 1.86 bits per heavy atom. The van der Waals surface area contributed by atoms with Gasteiger partial charge >= 0.3 is 0 Å². The van der Waals surface area contributed by atoms with Crippen LogP contribution in [0.3, 0.4) is 0 Å². The summed E-state index contributed by atoms with van der Waals surface area (Å²) in [5.41, 5.74) is 0.257. The Labute approximate surface area is 126 Å². The number of fused-ring (bicyclic) bond motifs is 1. The quantitative estimate of drug-likeness (QED) is 0.750. The summed E-state index contributed by atoms with van der Waals surface area (Å²) < 4.78 is 12.1. The SMILES string of the molecule is CC1(C)CC(=O)c2ccc(OC3CCCCCC3)cc2O1. The number of carbonyl (C=O) groups excluding carboxylic acids is 1. The van der Waals surface area contributed by atoms with E-state index in [4.69, 9.17) is 9.47 Å². The van der Waals surface area contributed by atoms with E-state index in [0.717, 1.165) is 18.6 Å². The second kappa shape index (κ2) is 5.70. The van der Waals surface area contributed by atoms with Crippen molar-refractivity contribution < 1.29 is 14.3 Å². The highest BCUT2D eigenvalue weighted by atomic mass is 16.5. The van der Waals surface area contributed by atoms with Crippen molar-refractivity contribution in [1.82, 2.24) is 0 Å². The van der Waals surface area contributed by atoms with E-state index in [2.05, 4.69) is 0 Å². The van der Waals surface area contributed by atoms with E-state index in [9.17, 15) is 4.79 Å². The molecule has 0 bridgehead atoms. The first-order valence-corrected chi connectivity index (χ1v) is 8.06. The minimum absolute atomic E-state index is 0.155. The topological polar surface area (TPSA) is 35.5 Å². The van der Waals surface area contributed by atoms with E-state index >= 15 is 0 Å². The van der Waals surface area contributed by atoms with Crippen molar-refractivity contribution in [2.45, 2.75) is 70.5 Å². The second-order valence-electron chi connectivity index (χ2n) is 6.85. The Morgan fingerprint density at radius 3 is 2.57 bits per heavy atom. The van der Waals surface area contributed by atoms with Gasteiger partial charge in [0, 0.05) is 6.07 Å². The highest BCUT2D eigenvalue weighted by molar-refractivity contribution is 6.00. The van der Waals surface area contributed by atoms with Gasteiger partial charge in [0.1, 0.15) is 17.1 Å². The molecular formula is C18H24O3. The predicted molar refractivity (Wildman–Crippen MR) is 82.2 cm³/mol. The molecule has 0 unspecified atom stereocenters. The summed E-state index contributed by atoms with van der Waals surface area (Å²) in [7, 11) is 0. The molecule has 1 fully saturated rings. The molecule has 0 N–H and O–H groups in total. The normalized spacial score (nSPS) is 22.1. The molecule has 0 aromatic heterocycles. The third-order valence-electron chi connectivity index (χ3n) is 4.33. The van der Waals surface area contributed by atoms with Crippen molar-refractivity contribution in [3.63, 3.8) is 0 Å². The van der Waals surface area contributed by atoms with Crippen molar-refractivity contribution in [3.05, 3.63) is 23.8 Å². The molecule has 3 nitrogen and oxygen atoms in total. The molecule has 1 aromatic rings. The summed E-state index contributed by atoms with van der Waals surface area (Å²) in [6, 6.07) is 5.64. The van der Waals surface area contributed by atoms with Gasteiger partial charge < -0.3 is 9.47 Å². The van der Waals surface area contributed by atoms with Gasteiger partial charge in [0.05, 0.1) is 18.1 Å². The molecular weight excluding hydrogens is 264 g/mol. The van der Waals surface area contributed by atoms with E-state index in [1.54, 1.807) is 0 Å². The number of benzene rings is 1. The van der Waals surface area contributed by atoms with Crippen molar-refractivity contribution in [1.29, 1.82) is 0 Å². The second-order valence-corrected chi connectivity index (χ2v) is 6.85. The number of hydrogen-bond acceptors (Lipinski definition) is 3. The lowest BCUT2D eigenvalue weighted by Crippen LogP contribution is -2.35. The number of hydrogen-bond donors (Lipinski definition) is 0. The zero-order valence-electron chi connectivity index (χ0n) is 13.0. The Hall–Kier alpha value is -1.51. The first kappa shape index (κ1) is 14.4. The summed E-state index contributed by atoms with van der Waals surface area (Å²) in [6.45, 7) is 3.90. The fourth-order valence-corrected chi connectivity index (χ4v) is 3.26. The molecule has 1 aliphatic carbocycles. The van der Waals surface area contributed by atoms with Gasteiger partial charge in [-0.1, -0.05) is 12.8 Å². The highest BCUT2D eigenvalue weighted by Crippen LogP contribution is 2.36.